The number of amides is 1. The molecule has 0 atom stereocenters. The summed E-state index contributed by atoms with van der Waals surface area (Å²) in [5.41, 5.74) is 0. The summed E-state index contributed by atoms with van der Waals surface area (Å²) >= 11 is 0. The van der Waals surface area contributed by atoms with Gasteiger partial charge in [-0.05, 0) is 6.42 Å². The van der Waals surface area contributed by atoms with Gasteiger partial charge in [-0.1, -0.05) is 110 Å². The average molecular weight is 327 g/mol. The van der Waals surface area contributed by atoms with Crippen LogP contribution in [0.5, 0.6) is 0 Å². The van der Waals surface area contributed by atoms with Crippen molar-refractivity contribution in [3.63, 3.8) is 0 Å². The molecule has 1 N–H and O–H groups in total. The van der Waals surface area contributed by atoms with E-state index in [4.69, 9.17) is 5.11 Å². The van der Waals surface area contributed by atoms with Gasteiger partial charge < -0.3 is 5.11 Å². The number of unbranched alkanes of at least 4 members (excludes halogenated alkanes) is 16. The predicted octanol–water partition coefficient (Wildman–Crippen LogP) is 6.92. The van der Waals surface area contributed by atoms with Crippen LogP contribution in [0.3, 0.4) is 0 Å². The van der Waals surface area contributed by atoms with Crippen LogP contribution >= 0.6 is 0 Å². The third-order valence-corrected chi connectivity index (χ3v) is 4.51. The fraction of sp³-hybridized carbons (Fsp3) is 0.950. The smallest absolute Gasteiger partial charge is 0.426 e. The summed E-state index contributed by atoms with van der Waals surface area (Å²) in [6, 6.07) is 0. The van der Waals surface area contributed by atoms with E-state index in [0.717, 1.165) is 12.8 Å². The Kier molecular flexibility index (Phi) is 18.7. The summed E-state index contributed by atoms with van der Waals surface area (Å²) < 4.78 is 0. The first kappa shape index (κ1) is 22.3. The summed E-state index contributed by atoms with van der Waals surface area (Å²) in [6.45, 7) is 2.76. The molecule has 1 radical (unpaired) electrons. The van der Waals surface area contributed by atoms with Crippen molar-refractivity contribution in [3.8, 4) is 0 Å². The van der Waals surface area contributed by atoms with E-state index in [2.05, 4.69) is 12.2 Å². The van der Waals surface area contributed by atoms with Crippen LogP contribution in [0, 0.1) is 0 Å². The third-order valence-electron chi connectivity index (χ3n) is 4.51. The fourth-order valence-corrected chi connectivity index (χ4v) is 3.01. The number of hydrogen-bond donors (Lipinski definition) is 1. The Morgan fingerprint density at radius 1 is 0.609 bits per heavy atom. The van der Waals surface area contributed by atoms with Gasteiger partial charge in [-0.3, -0.25) is 0 Å². The minimum atomic E-state index is -1.03. The second-order valence-electron chi connectivity index (χ2n) is 6.82. The molecule has 0 aromatic rings. The molecule has 137 valence electrons. The predicted molar refractivity (Wildman–Crippen MR) is 99.2 cm³/mol. The van der Waals surface area contributed by atoms with Crippen LogP contribution in [-0.2, 0) is 0 Å². The van der Waals surface area contributed by atoms with Crippen LogP contribution in [0.4, 0.5) is 4.79 Å². The molecule has 1 amide bonds. The lowest BCUT2D eigenvalue weighted by atomic mass is 10.0. The topological polar surface area (TPSA) is 51.4 Å². The minimum Gasteiger partial charge on any atom is -0.464 e. The van der Waals surface area contributed by atoms with Gasteiger partial charge in [-0.25, -0.2) is 10.1 Å². The van der Waals surface area contributed by atoms with E-state index in [0.29, 0.717) is 6.54 Å². The third kappa shape index (κ3) is 21.3. The summed E-state index contributed by atoms with van der Waals surface area (Å²) in [5, 5.41) is 11.8. The molecule has 0 aromatic carbocycles. The van der Waals surface area contributed by atoms with Crippen molar-refractivity contribution in [1.82, 2.24) is 5.32 Å². The zero-order valence-corrected chi connectivity index (χ0v) is 15.5. The van der Waals surface area contributed by atoms with Gasteiger partial charge in [-0.15, -0.1) is 0 Å². The van der Waals surface area contributed by atoms with Crippen LogP contribution in [0.25, 0.3) is 0 Å². The first-order valence-corrected chi connectivity index (χ1v) is 10.2. The van der Waals surface area contributed by atoms with Gasteiger partial charge in [0.25, 0.3) is 0 Å². The quantitative estimate of drug-likeness (QED) is 0.278. The van der Waals surface area contributed by atoms with Crippen molar-refractivity contribution >= 4 is 6.09 Å². The van der Waals surface area contributed by atoms with Crippen LogP contribution in [0.2, 0.25) is 0 Å². The van der Waals surface area contributed by atoms with Gasteiger partial charge >= 0.3 is 6.09 Å². The highest BCUT2D eigenvalue weighted by Gasteiger charge is 1.97. The maximum Gasteiger partial charge on any atom is 0.426 e. The van der Waals surface area contributed by atoms with Gasteiger partial charge in [0.1, 0.15) is 0 Å². The van der Waals surface area contributed by atoms with Gasteiger partial charge in [0.05, 0.1) is 0 Å². The van der Waals surface area contributed by atoms with Crippen molar-refractivity contribution in [1.29, 1.82) is 0 Å². The highest BCUT2D eigenvalue weighted by molar-refractivity contribution is 5.63. The van der Waals surface area contributed by atoms with Gasteiger partial charge in [0, 0.05) is 6.54 Å². The number of nitrogens with zero attached hydrogens (tertiary/aromatic N) is 1. The van der Waals surface area contributed by atoms with E-state index in [9.17, 15) is 4.79 Å². The van der Waals surface area contributed by atoms with Gasteiger partial charge in [-0.2, -0.15) is 0 Å². The minimum absolute atomic E-state index is 0.480. The molecule has 23 heavy (non-hydrogen) atoms. The molecule has 0 rings (SSSR count). The highest BCUT2D eigenvalue weighted by atomic mass is 16.4. The maximum atomic E-state index is 10.2. The SMILES string of the molecule is CCCCCCCCCCCCCCCCCCC[N]C(=O)O. The van der Waals surface area contributed by atoms with E-state index in [1.807, 2.05) is 0 Å². The van der Waals surface area contributed by atoms with Crippen molar-refractivity contribution in [2.45, 2.75) is 116 Å². The molecular weight excluding hydrogens is 286 g/mol. The first-order valence-electron chi connectivity index (χ1n) is 10.2. The zero-order valence-electron chi connectivity index (χ0n) is 15.5. The van der Waals surface area contributed by atoms with Crippen LogP contribution in [0.15, 0.2) is 0 Å². The molecule has 0 spiro atoms. The molecule has 3 heteroatoms. The summed E-state index contributed by atoms with van der Waals surface area (Å²) in [6.07, 6.45) is 21.9. The second kappa shape index (κ2) is 19.3. The molecular formula is C20H40NO2. The van der Waals surface area contributed by atoms with E-state index >= 15 is 0 Å². The molecule has 0 fully saturated rings. The normalized spacial score (nSPS) is 10.8. The van der Waals surface area contributed by atoms with Crippen molar-refractivity contribution in [3.05, 3.63) is 0 Å². The molecule has 0 aliphatic heterocycles. The molecule has 0 unspecified atom stereocenters. The molecule has 3 nitrogen and oxygen atoms in total. The number of carbonyl (C=O) groups is 1. The Morgan fingerprint density at radius 2 is 0.913 bits per heavy atom. The Labute approximate surface area is 144 Å². The zero-order chi connectivity index (χ0) is 17.0. The van der Waals surface area contributed by atoms with E-state index in [1.165, 1.54) is 96.3 Å². The average Bonchev–Trinajstić information content (AvgIpc) is 2.53. The summed E-state index contributed by atoms with van der Waals surface area (Å²) in [4.78, 5) is 10.2. The van der Waals surface area contributed by atoms with E-state index in [1.54, 1.807) is 0 Å². The lowest BCUT2D eigenvalue weighted by molar-refractivity contribution is 0.193. The van der Waals surface area contributed by atoms with Crippen LogP contribution < -0.4 is 5.32 Å². The molecule has 0 saturated carbocycles. The lowest BCUT2D eigenvalue weighted by Gasteiger charge is -2.03. The van der Waals surface area contributed by atoms with Crippen LogP contribution in [0.1, 0.15) is 116 Å². The Hall–Kier alpha value is -0.730. The lowest BCUT2D eigenvalue weighted by Crippen LogP contribution is -2.13. The maximum absolute atomic E-state index is 10.2. The molecule has 0 bridgehead atoms. The molecule has 0 aromatic heterocycles. The number of hydrogen-bond acceptors (Lipinski definition) is 1. The van der Waals surface area contributed by atoms with Crippen molar-refractivity contribution in [2.75, 3.05) is 6.54 Å². The number of carboxylic acid groups (broad SMARTS) is 1. The molecule has 0 aliphatic carbocycles. The Morgan fingerprint density at radius 3 is 1.22 bits per heavy atom. The monoisotopic (exact) mass is 326 g/mol. The molecule has 0 aliphatic rings. The number of rotatable bonds is 18. The molecule has 0 saturated heterocycles. The largest absolute Gasteiger partial charge is 0.464 e. The Balaban J connectivity index is 2.96. The first-order chi connectivity index (χ1) is 11.3. The summed E-state index contributed by atoms with van der Waals surface area (Å²) in [5.74, 6) is 0. The second-order valence-corrected chi connectivity index (χ2v) is 6.82. The summed E-state index contributed by atoms with van der Waals surface area (Å²) in [7, 11) is 0. The fourth-order valence-electron chi connectivity index (χ4n) is 3.01. The van der Waals surface area contributed by atoms with E-state index < -0.39 is 6.09 Å². The molecule has 0 heterocycles. The van der Waals surface area contributed by atoms with Crippen LogP contribution in [-0.4, -0.2) is 17.7 Å². The van der Waals surface area contributed by atoms with Gasteiger partial charge in [0.15, 0.2) is 0 Å². The van der Waals surface area contributed by atoms with Crippen molar-refractivity contribution in [2.24, 2.45) is 0 Å². The van der Waals surface area contributed by atoms with Gasteiger partial charge in [0.2, 0.25) is 0 Å². The van der Waals surface area contributed by atoms with Crippen molar-refractivity contribution < 1.29 is 9.90 Å². The highest BCUT2D eigenvalue weighted by Crippen LogP contribution is 2.13. The standard InChI is InChI=1S/C20H40NO2/c1-2-3-4-5-6-7-8-9-10-11-12-13-14-15-16-17-18-19-21-20(22)23/h2-19H2,1H3,(H,22,23). The Bertz CT molecular complexity index is 244. The van der Waals surface area contributed by atoms with E-state index in [-0.39, 0.29) is 0 Å².